The van der Waals surface area contributed by atoms with Crippen molar-refractivity contribution in [1.29, 1.82) is 0 Å². The van der Waals surface area contributed by atoms with Gasteiger partial charge < -0.3 is 10.4 Å². The number of hydrogen-bond donors (Lipinski definition) is 3. The first-order valence-electron chi connectivity index (χ1n) is 6.97. The number of rotatable bonds is 4. The highest BCUT2D eigenvalue weighted by molar-refractivity contribution is 7.89. The number of nitrogens with one attached hydrogen (secondary N) is 2. The molecular weight excluding hydrogens is 292 g/mol. The summed E-state index contributed by atoms with van der Waals surface area (Å²) in [6.45, 7) is 1.54. The van der Waals surface area contributed by atoms with E-state index in [2.05, 4.69) is 10.0 Å². The number of aliphatic hydroxyl groups excluding tert-OH is 1. The molecule has 0 aromatic heterocycles. The normalized spacial score (nSPS) is 23.3. The van der Waals surface area contributed by atoms with E-state index in [1.54, 1.807) is 13.0 Å². The van der Waals surface area contributed by atoms with Gasteiger partial charge in [0.05, 0.1) is 23.0 Å². The Morgan fingerprint density at radius 1 is 1.43 bits per heavy atom. The van der Waals surface area contributed by atoms with Gasteiger partial charge in [0.15, 0.2) is 0 Å². The predicted octanol–water partition coefficient (Wildman–Crippen LogP) is 0.935. The van der Waals surface area contributed by atoms with Crippen LogP contribution in [0.2, 0.25) is 0 Å². The molecule has 1 atom stereocenters. The van der Waals surface area contributed by atoms with Crippen LogP contribution in [0, 0.1) is 0 Å². The second-order valence-electron chi connectivity index (χ2n) is 5.86. The lowest BCUT2D eigenvalue weighted by atomic mass is 9.78. The minimum absolute atomic E-state index is 0.127. The van der Waals surface area contributed by atoms with Crippen LogP contribution in [-0.2, 0) is 14.8 Å². The Bertz CT molecular complexity index is 689. The monoisotopic (exact) mass is 310 g/mol. The number of anilines is 1. The summed E-state index contributed by atoms with van der Waals surface area (Å²) in [6, 6.07) is 4.62. The quantitative estimate of drug-likeness (QED) is 0.771. The molecule has 1 fully saturated rings. The number of carbonyl (C=O) groups excluding carboxylic acids is 1. The van der Waals surface area contributed by atoms with Crippen molar-refractivity contribution in [3.63, 3.8) is 0 Å². The number of sulfonamides is 1. The fourth-order valence-corrected chi connectivity index (χ4v) is 4.29. The second kappa shape index (κ2) is 4.79. The summed E-state index contributed by atoms with van der Waals surface area (Å²) in [7, 11) is -3.70. The Balaban J connectivity index is 1.92. The van der Waals surface area contributed by atoms with Crippen LogP contribution in [0.25, 0.3) is 0 Å². The van der Waals surface area contributed by atoms with Crippen LogP contribution in [0.15, 0.2) is 23.1 Å². The SMILES string of the molecule is CC1C(=O)Nc2ccc(S(=O)(=O)NC3(CO)CCC3)cc21. The first-order chi connectivity index (χ1) is 9.87. The number of fused-ring (bicyclic) bond motifs is 1. The van der Waals surface area contributed by atoms with Crippen molar-refractivity contribution in [2.75, 3.05) is 11.9 Å². The minimum atomic E-state index is -3.70. The third-order valence-corrected chi connectivity index (χ3v) is 5.99. The average Bonchev–Trinajstić information content (AvgIpc) is 2.69. The first kappa shape index (κ1) is 14.5. The predicted molar refractivity (Wildman–Crippen MR) is 77.5 cm³/mol. The van der Waals surface area contributed by atoms with Gasteiger partial charge in [-0.3, -0.25) is 4.79 Å². The molecule has 1 heterocycles. The van der Waals surface area contributed by atoms with E-state index >= 15 is 0 Å². The molecule has 0 saturated heterocycles. The molecule has 1 aliphatic carbocycles. The molecule has 3 rings (SSSR count). The Morgan fingerprint density at radius 3 is 2.71 bits per heavy atom. The molecule has 1 aromatic rings. The van der Waals surface area contributed by atoms with Crippen LogP contribution in [0.3, 0.4) is 0 Å². The van der Waals surface area contributed by atoms with Crippen LogP contribution in [-0.4, -0.2) is 31.6 Å². The molecule has 1 amide bonds. The van der Waals surface area contributed by atoms with Gasteiger partial charge in [-0.1, -0.05) is 0 Å². The van der Waals surface area contributed by atoms with Gasteiger partial charge in [0.25, 0.3) is 0 Å². The van der Waals surface area contributed by atoms with E-state index in [4.69, 9.17) is 0 Å². The molecule has 114 valence electrons. The fourth-order valence-electron chi connectivity index (χ4n) is 2.80. The highest BCUT2D eigenvalue weighted by Crippen LogP contribution is 2.36. The standard InChI is InChI=1S/C14H18N2O4S/c1-9-11-7-10(3-4-12(11)15-13(9)18)21(19,20)16-14(8-17)5-2-6-14/h3-4,7,9,16-17H,2,5-6,8H2,1H3,(H,15,18). The molecule has 1 aromatic carbocycles. The smallest absolute Gasteiger partial charge is 0.241 e. The molecule has 7 heteroatoms. The zero-order valence-electron chi connectivity index (χ0n) is 11.7. The lowest BCUT2D eigenvalue weighted by Crippen LogP contribution is -2.55. The van der Waals surface area contributed by atoms with Crippen LogP contribution in [0.5, 0.6) is 0 Å². The molecule has 6 nitrogen and oxygen atoms in total. The molecule has 0 bridgehead atoms. The molecule has 3 N–H and O–H groups in total. The van der Waals surface area contributed by atoms with Gasteiger partial charge in [-0.05, 0) is 49.9 Å². The van der Waals surface area contributed by atoms with Crippen molar-refractivity contribution in [3.05, 3.63) is 23.8 Å². The maximum atomic E-state index is 12.5. The third-order valence-electron chi connectivity index (χ3n) is 4.42. The van der Waals surface area contributed by atoms with Crippen LogP contribution >= 0.6 is 0 Å². The average molecular weight is 310 g/mol. The molecule has 2 aliphatic rings. The van der Waals surface area contributed by atoms with Crippen molar-refractivity contribution in [2.24, 2.45) is 0 Å². The third kappa shape index (κ3) is 2.35. The second-order valence-corrected chi connectivity index (χ2v) is 7.54. The number of benzene rings is 1. The number of amides is 1. The summed E-state index contributed by atoms with van der Waals surface area (Å²) in [5, 5.41) is 12.1. The summed E-state index contributed by atoms with van der Waals surface area (Å²) in [4.78, 5) is 11.7. The lowest BCUT2D eigenvalue weighted by Gasteiger charge is -2.40. The molecule has 1 saturated carbocycles. The highest BCUT2D eigenvalue weighted by Gasteiger charge is 2.40. The molecule has 1 aliphatic heterocycles. The molecular formula is C14H18N2O4S. The summed E-state index contributed by atoms with van der Waals surface area (Å²) < 4.78 is 27.5. The van der Waals surface area contributed by atoms with Gasteiger partial charge in [0.2, 0.25) is 15.9 Å². The van der Waals surface area contributed by atoms with Gasteiger partial charge in [-0.25, -0.2) is 13.1 Å². The van der Waals surface area contributed by atoms with E-state index in [0.29, 0.717) is 24.1 Å². The van der Waals surface area contributed by atoms with Gasteiger partial charge in [-0.2, -0.15) is 0 Å². The van der Waals surface area contributed by atoms with E-state index in [9.17, 15) is 18.3 Å². The number of aliphatic hydroxyl groups is 1. The molecule has 0 spiro atoms. The van der Waals surface area contributed by atoms with Gasteiger partial charge >= 0.3 is 0 Å². The van der Waals surface area contributed by atoms with Crippen molar-refractivity contribution < 1.29 is 18.3 Å². The summed E-state index contributed by atoms with van der Waals surface area (Å²) >= 11 is 0. The number of carbonyl (C=O) groups is 1. The molecule has 21 heavy (non-hydrogen) atoms. The van der Waals surface area contributed by atoms with Crippen molar-refractivity contribution >= 4 is 21.6 Å². The molecule has 0 radical (unpaired) electrons. The Morgan fingerprint density at radius 2 is 2.14 bits per heavy atom. The minimum Gasteiger partial charge on any atom is -0.394 e. The topological polar surface area (TPSA) is 95.5 Å². The Kier molecular flexibility index (Phi) is 3.31. The summed E-state index contributed by atoms with van der Waals surface area (Å²) in [6.07, 6.45) is 2.19. The van der Waals surface area contributed by atoms with E-state index in [1.807, 2.05) is 0 Å². The first-order valence-corrected chi connectivity index (χ1v) is 8.45. The van der Waals surface area contributed by atoms with E-state index in [1.165, 1.54) is 12.1 Å². The van der Waals surface area contributed by atoms with Gasteiger partial charge in [-0.15, -0.1) is 0 Å². The van der Waals surface area contributed by atoms with Gasteiger partial charge in [0.1, 0.15) is 0 Å². The van der Waals surface area contributed by atoms with Gasteiger partial charge in [0, 0.05) is 5.69 Å². The van der Waals surface area contributed by atoms with Crippen molar-refractivity contribution in [3.8, 4) is 0 Å². The zero-order chi connectivity index (χ0) is 15.3. The Hall–Kier alpha value is -1.44. The van der Waals surface area contributed by atoms with Crippen LogP contribution in [0.1, 0.15) is 37.7 Å². The van der Waals surface area contributed by atoms with E-state index in [0.717, 1.165) is 6.42 Å². The summed E-state index contributed by atoms with van der Waals surface area (Å²) in [5.41, 5.74) is 0.624. The highest BCUT2D eigenvalue weighted by atomic mass is 32.2. The Labute approximate surface area is 123 Å². The fraction of sp³-hybridized carbons (Fsp3) is 0.500. The maximum absolute atomic E-state index is 12.5. The molecule has 1 unspecified atom stereocenters. The van der Waals surface area contributed by atoms with Crippen molar-refractivity contribution in [1.82, 2.24) is 4.72 Å². The van der Waals surface area contributed by atoms with E-state index < -0.39 is 15.6 Å². The number of hydrogen-bond acceptors (Lipinski definition) is 4. The van der Waals surface area contributed by atoms with Crippen LogP contribution in [0.4, 0.5) is 5.69 Å². The van der Waals surface area contributed by atoms with Crippen LogP contribution < -0.4 is 10.0 Å². The largest absolute Gasteiger partial charge is 0.394 e. The zero-order valence-corrected chi connectivity index (χ0v) is 12.5. The maximum Gasteiger partial charge on any atom is 0.241 e. The van der Waals surface area contributed by atoms with E-state index in [-0.39, 0.29) is 23.3 Å². The van der Waals surface area contributed by atoms with Crippen molar-refractivity contribution in [2.45, 2.75) is 42.5 Å². The lowest BCUT2D eigenvalue weighted by molar-refractivity contribution is -0.116. The summed E-state index contributed by atoms with van der Waals surface area (Å²) in [5.74, 6) is -0.482.